The first-order valence-electron chi connectivity index (χ1n) is 12.0. The molecule has 0 atom stereocenters. The van der Waals surface area contributed by atoms with Crippen LogP contribution in [0, 0.1) is 24.5 Å². The summed E-state index contributed by atoms with van der Waals surface area (Å²) in [4.78, 5) is 8.62. The molecule has 0 unspecified atom stereocenters. The minimum absolute atomic E-state index is 0. The summed E-state index contributed by atoms with van der Waals surface area (Å²) in [6.45, 7) is 9.57. The van der Waals surface area contributed by atoms with E-state index in [0.29, 0.717) is 5.71 Å². The van der Waals surface area contributed by atoms with Gasteiger partial charge in [-0.05, 0) is 30.3 Å². The van der Waals surface area contributed by atoms with Crippen LogP contribution in [-0.4, -0.2) is 31.7 Å². The molecule has 187 valence electrons. The van der Waals surface area contributed by atoms with Gasteiger partial charge in [0.15, 0.2) is 12.2 Å². The van der Waals surface area contributed by atoms with Crippen molar-refractivity contribution in [2.75, 3.05) is 6.54 Å². The Kier molecular flexibility index (Phi) is 7.94. The molecule has 0 aliphatic carbocycles. The van der Waals surface area contributed by atoms with E-state index in [1.165, 1.54) is 5.56 Å². The van der Waals surface area contributed by atoms with Gasteiger partial charge in [0.05, 0.1) is 5.58 Å². The van der Waals surface area contributed by atoms with Gasteiger partial charge in [-0.2, -0.15) is 12.1 Å². The number of nitrogens with zero attached hydrogens (tertiary/aromatic N) is 4. The van der Waals surface area contributed by atoms with Crippen LogP contribution in [0.5, 0.6) is 0 Å². The largest absolute Gasteiger partial charge is 0.495 e. The normalized spacial score (nSPS) is 12.5. The van der Waals surface area contributed by atoms with E-state index in [0.717, 1.165) is 39.8 Å². The van der Waals surface area contributed by atoms with Crippen molar-refractivity contribution in [3.63, 3.8) is 0 Å². The molecule has 1 aliphatic rings. The Labute approximate surface area is 230 Å². The molecule has 5 nitrogen and oxygen atoms in total. The second-order valence-corrected chi connectivity index (χ2v) is 9.98. The smallest absolute Gasteiger partial charge is 0.493 e. The monoisotopic (exact) mass is 665 g/mol. The average Bonchev–Trinajstić information content (AvgIpc) is 3.49. The van der Waals surface area contributed by atoms with E-state index in [4.69, 9.17) is 4.42 Å². The molecule has 3 aromatic heterocycles. The van der Waals surface area contributed by atoms with Gasteiger partial charge in [0.2, 0.25) is 11.9 Å². The van der Waals surface area contributed by atoms with E-state index in [1.54, 1.807) is 6.20 Å². The molecule has 0 fully saturated rings. The SMILES string of the molecule is CC(C)(C)C[N+]1=C=[N+](c2[c-]ccc3c2oc2ncccc23)C=C1.Cc1ccc(-c2[c-]cccc2)nc1.[Ir]. The third-order valence-electron chi connectivity index (χ3n) is 5.60. The fourth-order valence-corrected chi connectivity index (χ4v) is 4.00. The molecule has 4 heterocycles. The van der Waals surface area contributed by atoms with Gasteiger partial charge in [0.1, 0.15) is 0 Å². The molecule has 2 aromatic carbocycles. The maximum absolute atomic E-state index is 5.96. The van der Waals surface area contributed by atoms with Gasteiger partial charge < -0.3 is 9.40 Å². The minimum atomic E-state index is 0. The van der Waals surface area contributed by atoms with Crippen LogP contribution < -0.4 is 0 Å². The number of rotatable bonds is 3. The van der Waals surface area contributed by atoms with Crippen LogP contribution in [0.15, 0.2) is 89.9 Å². The Hall–Kier alpha value is -3.69. The summed E-state index contributed by atoms with van der Waals surface area (Å²) in [5, 5.41) is 2.07. The van der Waals surface area contributed by atoms with Crippen molar-refractivity contribution < 1.29 is 33.7 Å². The van der Waals surface area contributed by atoms with Gasteiger partial charge in [-0.1, -0.05) is 47.4 Å². The average molecular weight is 665 g/mol. The van der Waals surface area contributed by atoms with Crippen LogP contribution in [0.2, 0.25) is 0 Å². The molecule has 6 heteroatoms. The van der Waals surface area contributed by atoms with Crippen molar-refractivity contribution in [3.05, 3.63) is 103 Å². The summed E-state index contributed by atoms with van der Waals surface area (Å²) in [7, 11) is 0. The van der Waals surface area contributed by atoms with Gasteiger partial charge in [-0.3, -0.25) is 0 Å². The van der Waals surface area contributed by atoms with Crippen molar-refractivity contribution in [3.8, 4) is 11.3 Å². The number of fused-ring (bicyclic) bond motifs is 3. The first-order valence-corrected chi connectivity index (χ1v) is 12.0. The van der Waals surface area contributed by atoms with E-state index in [-0.39, 0.29) is 25.5 Å². The molecule has 37 heavy (non-hydrogen) atoms. The number of pyridine rings is 2. The predicted octanol–water partition coefficient (Wildman–Crippen LogP) is 7.00. The van der Waals surface area contributed by atoms with E-state index >= 15 is 0 Å². The zero-order chi connectivity index (χ0) is 25.1. The summed E-state index contributed by atoms with van der Waals surface area (Å²) in [6, 6.07) is 29.6. The standard InChI is InChI=1S/C19H18N3O.C12H10N.Ir/c1-19(2,3)12-21-10-11-22(13-21)16-8-4-6-14-15-7-5-9-20-18(15)23-17(14)16;1-10-7-8-12(13-9-10)11-5-3-2-4-6-11;/h4-7,9-11H,12H2,1-3H3;2-5,7-9H,1H3;/q+1;-1;. The van der Waals surface area contributed by atoms with Crippen LogP contribution in [0.4, 0.5) is 5.69 Å². The van der Waals surface area contributed by atoms with Crippen molar-refractivity contribution in [2.45, 2.75) is 27.7 Å². The molecule has 0 bridgehead atoms. The summed E-state index contributed by atoms with van der Waals surface area (Å²) in [6.07, 6.45) is 7.62. The third-order valence-corrected chi connectivity index (χ3v) is 5.60. The maximum atomic E-state index is 5.96. The van der Waals surface area contributed by atoms with E-state index in [2.05, 4.69) is 59.5 Å². The van der Waals surface area contributed by atoms with Crippen molar-refractivity contribution in [1.82, 2.24) is 9.97 Å². The molecule has 0 amide bonds. The fourth-order valence-electron chi connectivity index (χ4n) is 4.00. The number of hydrogen-bond donors (Lipinski definition) is 0. The molecule has 0 spiro atoms. The van der Waals surface area contributed by atoms with Gasteiger partial charge in [0.25, 0.3) is 6.20 Å². The summed E-state index contributed by atoms with van der Waals surface area (Å²) >= 11 is 0. The van der Waals surface area contributed by atoms with Crippen LogP contribution in [0.3, 0.4) is 0 Å². The Morgan fingerprint density at radius 1 is 0.919 bits per heavy atom. The van der Waals surface area contributed by atoms with Gasteiger partial charge in [0, 0.05) is 43.3 Å². The summed E-state index contributed by atoms with van der Waals surface area (Å²) < 4.78 is 9.95. The van der Waals surface area contributed by atoms with Crippen LogP contribution in [0.1, 0.15) is 26.3 Å². The van der Waals surface area contributed by atoms with Crippen molar-refractivity contribution in [1.29, 1.82) is 0 Å². The zero-order valence-corrected chi connectivity index (χ0v) is 23.7. The first kappa shape index (κ1) is 26.4. The van der Waals surface area contributed by atoms with Crippen LogP contribution >= 0.6 is 0 Å². The number of benzene rings is 2. The molecule has 1 aliphatic heterocycles. The predicted molar refractivity (Wildman–Crippen MR) is 142 cm³/mol. The van der Waals surface area contributed by atoms with Gasteiger partial charge in [-0.25, -0.2) is 4.98 Å². The Balaban J connectivity index is 0.000000195. The van der Waals surface area contributed by atoms with Crippen LogP contribution in [-0.2, 0) is 20.1 Å². The molecular weight excluding hydrogens is 637 g/mol. The number of aromatic nitrogens is 2. The molecular formula is C31H28IrN4O. The molecule has 5 aromatic rings. The quantitative estimate of drug-likeness (QED) is 0.154. The number of aryl methyl sites for hydroxylation is 1. The van der Waals surface area contributed by atoms with E-state index < -0.39 is 0 Å². The third kappa shape index (κ3) is 6.18. The summed E-state index contributed by atoms with van der Waals surface area (Å²) in [5.41, 5.74) is 5.70. The first-order chi connectivity index (χ1) is 17.4. The zero-order valence-electron chi connectivity index (χ0n) is 21.3. The number of hydrogen-bond acceptors (Lipinski definition) is 3. The number of furan rings is 1. The van der Waals surface area contributed by atoms with Crippen molar-refractivity contribution >= 4 is 33.8 Å². The molecule has 0 N–H and O–H groups in total. The van der Waals surface area contributed by atoms with E-state index in [1.807, 2.05) is 84.7 Å². The second-order valence-electron chi connectivity index (χ2n) is 9.98. The van der Waals surface area contributed by atoms with Gasteiger partial charge in [-0.15, -0.1) is 42.0 Å². The fraction of sp³-hybridized carbons (Fsp3) is 0.194. The van der Waals surface area contributed by atoms with Crippen molar-refractivity contribution in [2.24, 2.45) is 5.41 Å². The topological polar surface area (TPSA) is 44.9 Å². The Morgan fingerprint density at radius 3 is 2.51 bits per heavy atom. The molecule has 6 rings (SSSR count). The Morgan fingerprint density at radius 2 is 1.78 bits per heavy atom. The summed E-state index contributed by atoms with van der Waals surface area (Å²) in [5.74, 6) is 0. The molecule has 1 radical (unpaired) electrons. The minimum Gasteiger partial charge on any atom is -0.495 e. The maximum Gasteiger partial charge on any atom is 0.493 e. The molecule has 0 saturated carbocycles. The second kappa shape index (κ2) is 11.1. The van der Waals surface area contributed by atoms with Gasteiger partial charge >= 0.3 is 6.01 Å². The molecule has 0 saturated heterocycles. The van der Waals surface area contributed by atoms with E-state index in [9.17, 15) is 0 Å². The van der Waals surface area contributed by atoms with Crippen LogP contribution in [0.25, 0.3) is 33.3 Å². The Bertz CT molecular complexity index is 1620.